The number of tetrazole rings is 1. The number of halogens is 1. The van der Waals surface area contributed by atoms with Crippen molar-refractivity contribution in [2.24, 2.45) is 0 Å². The van der Waals surface area contributed by atoms with E-state index in [0.717, 1.165) is 6.07 Å². The van der Waals surface area contributed by atoms with E-state index in [0.29, 0.717) is 30.6 Å². The molecule has 3 heterocycles. The molecule has 1 saturated heterocycles. The van der Waals surface area contributed by atoms with Gasteiger partial charge in [0.2, 0.25) is 21.7 Å². The number of nitrogens with zero attached hydrogens (tertiary/aromatic N) is 7. The molecule has 0 spiro atoms. The van der Waals surface area contributed by atoms with Gasteiger partial charge in [-0.05, 0) is 30.3 Å². The maximum atomic E-state index is 14.1. The molecule has 0 unspecified atom stereocenters. The first-order valence-corrected chi connectivity index (χ1v) is 10.5. The number of aryl methyl sites for hydroxylation is 1. The Morgan fingerprint density at radius 1 is 1.13 bits per heavy atom. The molecule has 1 N–H and O–H groups in total. The molecule has 1 aliphatic rings. The van der Waals surface area contributed by atoms with Crippen LogP contribution < -0.4 is 9.64 Å². The number of anilines is 1. The molecule has 13 heteroatoms. The minimum atomic E-state index is -3.82. The lowest BCUT2D eigenvalue weighted by atomic mass is 10.2. The fraction of sp³-hybridized carbons (Fsp3) is 0.353. The van der Waals surface area contributed by atoms with Gasteiger partial charge in [0.25, 0.3) is 0 Å². The average molecular weight is 434 g/mol. The van der Waals surface area contributed by atoms with Gasteiger partial charge in [0.15, 0.2) is 0 Å². The normalized spacial score (nSPS) is 15.4. The Hall–Kier alpha value is -3.19. The number of aromatic amines is 1. The zero-order chi connectivity index (χ0) is 21.3. The largest absolute Gasteiger partial charge is 0.481 e. The van der Waals surface area contributed by atoms with Gasteiger partial charge in [-0.1, -0.05) is 0 Å². The van der Waals surface area contributed by atoms with Crippen LogP contribution in [-0.2, 0) is 10.0 Å². The maximum Gasteiger partial charge on any atom is 0.243 e. The molecule has 4 rings (SSSR count). The van der Waals surface area contributed by atoms with Gasteiger partial charge in [0, 0.05) is 32.2 Å². The molecule has 1 aliphatic heterocycles. The number of piperazine rings is 1. The van der Waals surface area contributed by atoms with E-state index in [2.05, 4.69) is 30.6 Å². The van der Waals surface area contributed by atoms with E-state index in [1.165, 1.54) is 23.5 Å². The zero-order valence-corrected chi connectivity index (χ0v) is 17.1. The smallest absolute Gasteiger partial charge is 0.243 e. The molecule has 0 bridgehead atoms. The van der Waals surface area contributed by atoms with Crippen molar-refractivity contribution in [2.75, 3.05) is 38.2 Å². The quantitative estimate of drug-likeness (QED) is 0.614. The van der Waals surface area contributed by atoms with E-state index in [1.54, 1.807) is 13.0 Å². The first-order chi connectivity index (χ1) is 14.4. The number of nitrogens with one attached hydrogen (secondary N) is 1. The minimum Gasteiger partial charge on any atom is -0.481 e. The van der Waals surface area contributed by atoms with Crippen molar-refractivity contribution in [3.8, 4) is 17.3 Å². The predicted octanol–water partition coefficient (Wildman–Crippen LogP) is 0.624. The molecule has 3 aromatic rings. The Bertz CT molecular complexity index is 1150. The molecular weight excluding hydrogens is 415 g/mol. The average Bonchev–Trinajstić information content (AvgIpc) is 3.28. The Kier molecular flexibility index (Phi) is 5.30. The lowest BCUT2D eigenvalue weighted by Gasteiger charge is -2.34. The summed E-state index contributed by atoms with van der Waals surface area (Å²) in [5, 5.41) is 13.1. The van der Waals surface area contributed by atoms with Crippen LogP contribution in [0.1, 0.15) is 5.82 Å². The van der Waals surface area contributed by atoms with Crippen molar-refractivity contribution in [1.29, 1.82) is 0 Å². The van der Waals surface area contributed by atoms with E-state index >= 15 is 0 Å². The third kappa shape index (κ3) is 3.80. The molecule has 0 aliphatic carbocycles. The third-order valence-corrected chi connectivity index (χ3v) is 6.63. The van der Waals surface area contributed by atoms with Crippen LogP contribution in [-0.4, -0.2) is 76.6 Å². The van der Waals surface area contributed by atoms with E-state index in [1.807, 2.05) is 4.90 Å². The number of H-pyrrole nitrogens is 1. The van der Waals surface area contributed by atoms with E-state index in [4.69, 9.17) is 4.74 Å². The lowest BCUT2D eigenvalue weighted by molar-refractivity contribution is 0.380. The monoisotopic (exact) mass is 434 g/mol. The van der Waals surface area contributed by atoms with Gasteiger partial charge >= 0.3 is 0 Å². The second kappa shape index (κ2) is 7.91. The first kappa shape index (κ1) is 20.1. The SMILES string of the molecule is COc1cc(N2CCN(S(=O)(=O)c3ccc(F)c(-c4nn[nH]n4)c3)CC2)nc(C)n1. The van der Waals surface area contributed by atoms with Gasteiger partial charge in [0.05, 0.1) is 17.6 Å². The van der Waals surface area contributed by atoms with Gasteiger partial charge in [0.1, 0.15) is 17.5 Å². The van der Waals surface area contributed by atoms with Crippen molar-refractivity contribution >= 4 is 15.8 Å². The second-order valence-corrected chi connectivity index (χ2v) is 8.52. The summed E-state index contributed by atoms with van der Waals surface area (Å²) in [6.07, 6.45) is 0. The van der Waals surface area contributed by atoms with Gasteiger partial charge < -0.3 is 9.64 Å². The molecule has 158 valence electrons. The first-order valence-electron chi connectivity index (χ1n) is 9.06. The Morgan fingerprint density at radius 3 is 2.57 bits per heavy atom. The van der Waals surface area contributed by atoms with E-state index in [-0.39, 0.29) is 29.4 Å². The molecular formula is C17H19FN8O3S. The molecule has 1 fully saturated rings. The maximum absolute atomic E-state index is 14.1. The topological polar surface area (TPSA) is 130 Å². The molecule has 1 aromatic carbocycles. The summed E-state index contributed by atoms with van der Waals surface area (Å²) < 4.78 is 46.9. The number of hydrogen-bond acceptors (Lipinski definition) is 9. The number of aromatic nitrogens is 6. The number of benzene rings is 1. The Morgan fingerprint density at radius 2 is 1.90 bits per heavy atom. The molecule has 0 saturated carbocycles. The number of sulfonamides is 1. The van der Waals surface area contributed by atoms with Crippen molar-refractivity contribution in [3.63, 3.8) is 0 Å². The van der Waals surface area contributed by atoms with Crippen LogP contribution in [0.4, 0.5) is 10.2 Å². The highest BCUT2D eigenvalue weighted by Crippen LogP contribution is 2.26. The fourth-order valence-electron chi connectivity index (χ4n) is 3.21. The number of rotatable bonds is 5. The van der Waals surface area contributed by atoms with Crippen LogP contribution in [0.2, 0.25) is 0 Å². The fourth-order valence-corrected chi connectivity index (χ4v) is 4.66. The van der Waals surface area contributed by atoms with Crippen LogP contribution in [0.5, 0.6) is 5.88 Å². The van der Waals surface area contributed by atoms with Crippen molar-refractivity contribution in [2.45, 2.75) is 11.8 Å². The summed E-state index contributed by atoms with van der Waals surface area (Å²) in [6, 6.07) is 5.26. The summed E-state index contributed by atoms with van der Waals surface area (Å²) in [5.74, 6) is 1.06. The van der Waals surface area contributed by atoms with Crippen LogP contribution in [0.25, 0.3) is 11.4 Å². The minimum absolute atomic E-state index is 0.0116. The standard InChI is InChI=1S/C17H19FN8O3S/c1-11-19-15(10-16(20-11)29-2)25-5-7-26(8-6-25)30(27,28)12-3-4-14(18)13(9-12)17-21-23-24-22-17/h3-4,9-10H,5-8H2,1-2H3,(H,21,22,23,24). The van der Waals surface area contributed by atoms with Gasteiger partial charge in [-0.15, -0.1) is 10.2 Å². The van der Waals surface area contributed by atoms with Crippen molar-refractivity contribution in [1.82, 2.24) is 34.9 Å². The highest BCUT2D eigenvalue weighted by Gasteiger charge is 2.30. The molecule has 30 heavy (non-hydrogen) atoms. The summed E-state index contributed by atoms with van der Waals surface area (Å²) in [4.78, 5) is 10.5. The van der Waals surface area contributed by atoms with Crippen molar-refractivity contribution in [3.05, 3.63) is 35.9 Å². The highest BCUT2D eigenvalue weighted by molar-refractivity contribution is 7.89. The number of hydrogen-bond donors (Lipinski definition) is 1. The predicted molar refractivity (Wildman–Crippen MR) is 104 cm³/mol. The van der Waals surface area contributed by atoms with Crippen LogP contribution in [0, 0.1) is 12.7 Å². The van der Waals surface area contributed by atoms with Gasteiger partial charge in [-0.25, -0.2) is 17.8 Å². The van der Waals surface area contributed by atoms with Crippen LogP contribution in [0.15, 0.2) is 29.2 Å². The Labute approximate surface area is 172 Å². The summed E-state index contributed by atoms with van der Waals surface area (Å²) in [7, 11) is -2.29. The molecule has 0 radical (unpaired) electrons. The second-order valence-electron chi connectivity index (χ2n) is 6.58. The number of ether oxygens (including phenoxy) is 1. The summed E-state index contributed by atoms with van der Waals surface area (Å²) in [5.41, 5.74) is -0.0352. The van der Waals surface area contributed by atoms with E-state index < -0.39 is 15.8 Å². The molecule has 0 amide bonds. The van der Waals surface area contributed by atoms with Crippen LogP contribution in [0.3, 0.4) is 0 Å². The molecule has 2 aromatic heterocycles. The lowest BCUT2D eigenvalue weighted by Crippen LogP contribution is -2.49. The van der Waals surface area contributed by atoms with Gasteiger partial charge in [-0.3, -0.25) is 0 Å². The number of methoxy groups -OCH3 is 1. The molecule has 0 atom stereocenters. The van der Waals surface area contributed by atoms with Crippen molar-refractivity contribution < 1.29 is 17.5 Å². The zero-order valence-electron chi connectivity index (χ0n) is 16.3. The summed E-state index contributed by atoms with van der Waals surface area (Å²) in [6.45, 7) is 3.16. The summed E-state index contributed by atoms with van der Waals surface area (Å²) >= 11 is 0. The van der Waals surface area contributed by atoms with E-state index in [9.17, 15) is 12.8 Å². The third-order valence-electron chi connectivity index (χ3n) is 4.73. The van der Waals surface area contributed by atoms with Crippen LogP contribution >= 0.6 is 0 Å². The Balaban J connectivity index is 1.53. The molecule has 11 nitrogen and oxygen atoms in total. The highest BCUT2D eigenvalue weighted by atomic mass is 32.2. The van der Waals surface area contributed by atoms with Gasteiger partial charge in [-0.2, -0.15) is 14.5 Å².